The van der Waals surface area contributed by atoms with Gasteiger partial charge in [-0.1, -0.05) is 31.5 Å². The van der Waals surface area contributed by atoms with E-state index >= 15 is 0 Å². The lowest BCUT2D eigenvalue weighted by molar-refractivity contribution is -0.117. The molecule has 21 heavy (non-hydrogen) atoms. The average molecular weight is 306 g/mol. The summed E-state index contributed by atoms with van der Waals surface area (Å²) in [6.07, 6.45) is 7.22. The maximum absolute atomic E-state index is 11.8. The Morgan fingerprint density at radius 3 is 2.90 bits per heavy atom. The molecule has 1 heterocycles. The van der Waals surface area contributed by atoms with Crippen LogP contribution in [0.15, 0.2) is 35.9 Å². The highest BCUT2D eigenvalue weighted by Crippen LogP contribution is 2.29. The van der Waals surface area contributed by atoms with Crippen molar-refractivity contribution in [1.82, 2.24) is 5.32 Å². The number of halogens is 1. The molecule has 0 aromatic heterocycles. The quantitative estimate of drug-likeness (QED) is 0.836. The number of benzene rings is 1. The van der Waals surface area contributed by atoms with Crippen LogP contribution in [-0.4, -0.2) is 18.6 Å². The van der Waals surface area contributed by atoms with Crippen LogP contribution in [0.1, 0.15) is 32.3 Å². The summed E-state index contributed by atoms with van der Waals surface area (Å²) in [6, 6.07) is 5.75. The Morgan fingerprint density at radius 2 is 2.19 bits per heavy atom. The number of hydrogen-bond acceptors (Lipinski definition) is 2. The van der Waals surface area contributed by atoms with Crippen molar-refractivity contribution < 1.29 is 9.53 Å². The van der Waals surface area contributed by atoms with Crippen LogP contribution in [0.5, 0.6) is 5.75 Å². The number of fused-ring (bicyclic) bond motifs is 1. The smallest absolute Gasteiger partial charge is 0.244 e. The normalized spacial score (nSPS) is 13.8. The number of hydrogen-bond donors (Lipinski definition) is 1. The Morgan fingerprint density at radius 1 is 1.43 bits per heavy atom. The fourth-order valence-electron chi connectivity index (χ4n) is 2.19. The van der Waals surface area contributed by atoms with E-state index in [9.17, 15) is 4.79 Å². The van der Waals surface area contributed by atoms with E-state index in [-0.39, 0.29) is 11.9 Å². The van der Waals surface area contributed by atoms with Crippen LogP contribution in [-0.2, 0) is 4.79 Å². The average Bonchev–Trinajstić information content (AvgIpc) is 2.50. The van der Waals surface area contributed by atoms with Crippen LogP contribution < -0.4 is 10.1 Å². The van der Waals surface area contributed by atoms with Gasteiger partial charge in [-0.2, -0.15) is 0 Å². The summed E-state index contributed by atoms with van der Waals surface area (Å²) in [7, 11) is 0. The number of nitrogens with one attached hydrogen (secondary N) is 1. The standard InChI is InChI=1S/C17H20ClNO2/c1-3-15(4-2)19-17(20)8-5-12-9-13-10-14(18)6-7-16(13)21-11-12/h5-10,15H,3-4,11H2,1-2H3,(H,19,20)/b8-5+. The van der Waals surface area contributed by atoms with Crippen molar-refractivity contribution in [2.75, 3.05) is 6.61 Å². The minimum Gasteiger partial charge on any atom is -0.488 e. The van der Waals surface area contributed by atoms with Gasteiger partial charge < -0.3 is 10.1 Å². The molecule has 0 unspecified atom stereocenters. The van der Waals surface area contributed by atoms with Crippen LogP contribution >= 0.6 is 11.6 Å². The summed E-state index contributed by atoms with van der Waals surface area (Å²) in [6.45, 7) is 4.59. The van der Waals surface area contributed by atoms with Gasteiger partial charge in [-0.05, 0) is 42.7 Å². The van der Waals surface area contributed by atoms with Gasteiger partial charge in [-0.3, -0.25) is 4.79 Å². The maximum atomic E-state index is 11.8. The molecular formula is C17H20ClNO2. The molecule has 2 rings (SSSR count). The Balaban J connectivity index is 2.03. The molecule has 0 bridgehead atoms. The van der Waals surface area contributed by atoms with Crippen molar-refractivity contribution >= 4 is 23.6 Å². The molecule has 1 aliphatic rings. The SMILES string of the molecule is CCC(CC)NC(=O)/C=C/C1=Cc2cc(Cl)ccc2OC1. The van der Waals surface area contributed by atoms with Gasteiger partial charge in [0.05, 0.1) is 0 Å². The Hall–Kier alpha value is -1.74. The Bertz CT molecular complexity index is 574. The highest BCUT2D eigenvalue weighted by Gasteiger charge is 2.10. The van der Waals surface area contributed by atoms with Gasteiger partial charge in [-0.25, -0.2) is 0 Å². The molecule has 1 N–H and O–H groups in total. The fourth-order valence-corrected chi connectivity index (χ4v) is 2.37. The molecule has 0 saturated heterocycles. The van der Waals surface area contributed by atoms with E-state index in [2.05, 4.69) is 19.2 Å². The molecule has 0 saturated carbocycles. The lowest BCUT2D eigenvalue weighted by Crippen LogP contribution is -2.32. The van der Waals surface area contributed by atoms with Crippen LogP contribution in [0.25, 0.3) is 6.08 Å². The van der Waals surface area contributed by atoms with Crippen molar-refractivity contribution in [2.24, 2.45) is 0 Å². The van der Waals surface area contributed by atoms with Crippen molar-refractivity contribution in [3.63, 3.8) is 0 Å². The van der Waals surface area contributed by atoms with Crippen LogP contribution in [0.3, 0.4) is 0 Å². The number of carbonyl (C=O) groups excluding carboxylic acids is 1. The highest BCUT2D eigenvalue weighted by molar-refractivity contribution is 6.30. The number of amides is 1. The summed E-state index contributed by atoms with van der Waals surface area (Å²) >= 11 is 5.97. The molecule has 0 atom stereocenters. The van der Waals surface area contributed by atoms with Crippen LogP contribution in [0, 0.1) is 0 Å². The van der Waals surface area contributed by atoms with E-state index < -0.39 is 0 Å². The minimum atomic E-state index is -0.0681. The minimum absolute atomic E-state index is 0.0681. The third-order valence-electron chi connectivity index (χ3n) is 3.49. The van der Waals surface area contributed by atoms with Crippen LogP contribution in [0.4, 0.5) is 0 Å². The van der Waals surface area contributed by atoms with Crippen LogP contribution in [0.2, 0.25) is 5.02 Å². The molecular weight excluding hydrogens is 286 g/mol. The summed E-state index contributed by atoms with van der Waals surface area (Å²) in [5, 5.41) is 3.64. The van der Waals surface area contributed by atoms with E-state index in [0.29, 0.717) is 11.6 Å². The molecule has 0 spiro atoms. The van der Waals surface area contributed by atoms with Gasteiger partial charge in [0.25, 0.3) is 0 Å². The van der Waals surface area contributed by atoms with Crippen molar-refractivity contribution in [1.29, 1.82) is 0 Å². The number of ether oxygens (including phenoxy) is 1. The third-order valence-corrected chi connectivity index (χ3v) is 3.72. The molecule has 0 radical (unpaired) electrons. The first-order valence-corrected chi connectivity index (χ1v) is 7.61. The monoisotopic (exact) mass is 305 g/mol. The second-order valence-electron chi connectivity index (χ2n) is 5.05. The first kappa shape index (κ1) is 15.6. The zero-order valence-corrected chi connectivity index (χ0v) is 13.1. The lowest BCUT2D eigenvalue weighted by atomic mass is 10.1. The Labute approximate surface area is 130 Å². The van der Waals surface area contributed by atoms with Crippen molar-refractivity contribution in [2.45, 2.75) is 32.7 Å². The topological polar surface area (TPSA) is 38.3 Å². The van der Waals surface area contributed by atoms with E-state index in [1.54, 1.807) is 18.2 Å². The second-order valence-corrected chi connectivity index (χ2v) is 5.48. The van der Waals surface area contributed by atoms with Crippen molar-refractivity contribution in [3.8, 4) is 5.75 Å². The molecule has 0 fully saturated rings. The first-order valence-electron chi connectivity index (χ1n) is 7.23. The molecule has 1 aliphatic heterocycles. The summed E-state index contributed by atoms with van der Waals surface area (Å²) in [4.78, 5) is 11.8. The zero-order valence-electron chi connectivity index (χ0n) is 12.4. The largest absolute Gasteiger partial charge is 0.488 e. The van der Waals surface area contributed by atoms with Gasteiger partial charge >= 0.3 is 0 Å². The number of carbonyl (C=O) groups is 1. The van der Waals surface area contributed by atoms with Crippen molar-refractivity contribution in [3.05, 3.63) is 46.5 Å². The second kappa shape index (κ2) is 7.32. The number of rotatable bonds is 5. The van der Waals surface area contributed by atoms with E-state index in [1.165, 1.54) is 0 Å². The first-order chi connectivity index (χ1) is 10.1. The van der Waals surface area contributed by atoms with Gasteiger partial charge in [0.2, 0.25) is 5.91 Å². The fraction of sp³-hybridized carbons (Fsp3) is 0.353. The predicted molar refractivity (Wildman–Crippen MR) is 86.6 cm³/mol. The Kier molecular flexibility index (Phi) is 5.45. The molecule has 1 aromatic rings. The molecule has 0 aliphatic carbocycles. The predicted octanol–water partition coefficient (Wildman–Crippen LogP) is 3.98. The maximum Gasteiger partial charge on any atom is 0.244 e. The molecule has 112 valence electrons. The van der Waals surface area contributed by atoms with E-state index in [4.69, 9.17) is 16.3 Å². The highest BCUT2D eigenvalue weighted by atomic mass is 35.5. The van der Waals surface area contributed by atoms with Gasteiger partial charge in [0.1, 0.15) is 12.4 Å². The molecule has 3 nitrogen and oxygen atoms in total. The third kappa shape index (κ3) is 4.36. The summed E-state index contributed by atoms with van der Waals surface area (Å²) < 4.78 is 5.64. The van der Waals surface area contributed by atoms with E-state index in [0.717, 1.165) is 29.7 Å². The lowest BCUT2D eigenvalue weighted by Gasteiger charge is -2.16. The molecule has 4 heteroatoms. The van der Waals surface area contributed by atoms with Gasteiger partial charge in [0, 0.05) is 22.7 Å². The van der Waals surface area contributed by atoms with Gasteiger partial charge in [-0.15, -0.1) is 0 Å². The summed E-state index contributed by atoms with van der Waals surface area (Å²) in [5.41, 5.74) is 1.89. The van der Waals surface area contributed by atoms with E-state index in [1.807, 2.05) is 18.2 Å². The molecule has 1 amide bonds. The molecule has 1 aromatic carbocycles. The zero-order chi connectivity index (χ0) is 15.2. The summed E-state index contributed by atoms with van der Waals surface area (Å²) in [5.74, 6) is 0.750. The van der Waals surface area contributed by atoms with Gasteiger partial charge in [0.15, 0.2) is 0 Å².